The molecule has 8 aromatic carbocycles. The van der Waals surface area contributed by atoms with E-state index in [2.05, 4.69) is 91.6 Å². The number of primary amides is 1. The molecule has 17 nitrogen and oxygen atoms in total. The molecule has 5 heterocycles. The van der Waals surface area contributed by atoms with E-state index in [1.165, 1.54) is 0 Å². The molecule has 0 saturated carbocycles. The van der Waals surface area contributed by atoms with Crippen LogP contribution in [0.25, 0.3) is 89.7 Å². The standard InChI is InChI=1S/C66H58N12O5/c1-76(2,3)39-16-10-19-43(34-39)81-52-25-13-22-48-55(52)64-70-59-47-33-32-46(80-42-30-28-38(29-31-42)58(67)79)37-51(47)63(68-59)75-66-57-50(24-15-27-54(57)83-45-21-12-18-41(36-45)78(7,8)9)62(74-66)73-65-56-49(61(72-65)69-60(48)71-64)23-14-26-53(56)82-44-20-11-17-40(35-44)77(4,5)6/h10-37H,1-9H3,(H3-,67,68,69,70,71,72,73,74,75,79)/q+2/p+1. The first kappa shape index (κ1) is 52.1. The third-order valence-corrected chi connectivity index (χ3v) is 14.6. The van der Waals surface area contributed by atoms with Crippen LogP contribution in [0.5, 0.6) is 46.0 Å². The van der Waals surface area contributed by atoms with Crippen LogP contribution in [0.3, 0.4) is 0 Å². The highest BCUT2D eigenvalue weighted by molar-refractivity contribution is 6.09. The highest BCUT2D eigenvalue weighted by atomic mass is 16.5. The molecule has 0 atom stereocenters. The maximum Gasteiger partial charge on any atom is 0.248 e. The Bertz CT molecular complexity index is 4630. The number of ether oxygens (including phenoxy) is 4. The Hall–Kier alpha value is -10.3. The molecule has 17 heteroatoms. The van der Waals surface area contributed by atoms with Gasteiger partial charge in [0.15, 0.2) is 23.3 Å². The van der Waals surface area contributed by atoms with Gasteiger partial charge in [-0.2, -0.15) is 0 Å². The minimum Gasteiger partial charge on any atom is -0.457 e. The second kappa shape index (κ2) is 19.7. The summed E-state index contributed by atoms with van der Waals surface area (Å²) in [6, 6.07) is 54.0. The summed E-state index contributed by atoms with van der Waals surface area (Å²) in [4.78, 5) is 51.3. The molecule has 0 spiro atoms. The molecular weight excluding hydrogens is 1040 g/mol. The van der Waals surface area contributed by atoms with Crippen molar-refractivity contribution in [3.63, 3.8) is 0 Å². The molecule has 410 valence electrons. The van der Waals surface area contributed by atoms with Crippen molar-refractivity contribution < 1.29 is 23.7 Å². The number of rotatable bonds is 12. The van der Waals surface area contributed by atoms with Gasteiger partial charge >= 0.3 is 0 Å². The maximum absolute atomic E-state index is 12.0. The molecule has 3 aromatic heterocycles. The highest BCUT2D eigenvalue weighted by Gasteiger charge is 2.29. The Kier molecular flexibility index (Phi) is 12.4. The van der Waals surface area contributed by atoms with Crippen LogP contribution >= 0.6 is 0 Å². The molecule has 11 aromatic rings. The second-order valence-electron chi connectivity index (χ2n) is 23.2. The van der Waals surface area contributed by atoms with Gasteiger partial charge in [0.05, 0.1) is 79.9 Å². The lowest BCUT2D eigenvalue weighted by Gasteiger charge is -2.23. The predicted molar refractivity (Wildman–Crippen MR) is 329 cm³/mol. The fraction of sp³-hybridized carbons (Fsp3) is 0.136. The van der Waals surface area contributed by atoms with Crippen molar-refractivity contribution in [1.29, 1.82) is 0 Å². The van der Waals surface area contributed by atoms with Crippen LogP contribution in [0, 0.1) is 0 Å². The van der Waals surface area contributed by atoms with Crippen LogP contribution in [0.2, 0.25) is 0 Å². The molecule has 13 rings (SSSR count). The number of H-pyrrole nitrogens is 2. The zero-order valence-electron chi connectivity index (χ0n) is 47.3. The number of amides is 1. The minimum atomic E-state index is -0.534. The van der Waals surface area contributed by atoms with Gasteiger partial charge in [0.2, 0.25) is 5.91 Å². The number of aromatic amines is 2. The maximum atomic E-state index is 12.0. The molecule has 2 aliphatic heterocycles. The second-order valence-corrected chi connectivity index (χ2v) is 23.2. The average Bonchev–Trinajstić information content (AvgIpc) is 2.97. The summed E-state index contributed by atoms with van der Waals surface area (Å²) in [6.07, 6.45) is 0. The first-order valence-electron chi connectivity index (χ1n) is 27.0. The van der Waals surface area contributed by atoms with E-state index in [4.69, 9.17) is 54.6 Å². The van der Waals surface area contributed by atoms with E-state index < -0.39 is 5.91 Å². The van der Waals surface area contributed by atoms with Gasteiger partial charge in [0.25, 0.3) is 0 Å². The molecule has 1 amide bonds. The first-order valence-corrected chi connectivity index (χ1v) is 27.0. The SMILES string of the molecule is C[N+](C)(C)c1cccc(Oc2cccc3c2-c2nc-3nc3[nH]c(nc4nc(nc5[nH]c(n2)c2ccc(Oc6ccc(C(N)=O)cc6)cc52)-c2c(Oc5cccc([N+](C)(C)C)c5)cccc2-4)c2c(Oc4cccc([N+](C)(C)C)c4)cccc32)c1. The fourth-order valence-corrected chi connectivity index (χ4v) is 10.2. The average molecular weight is 1100 g/mol. The molecule has 83 heavy (non-hydrogen) atoms. The van der Waals surface area contributed by atoms with Crippen molar-refractivity contribution >= 4 is 67.1 Å². The molecule has 0 aliphatic carbocycles. The van der Waals surface area contributed by atoms with Crippen LogP contribution in [-0.4, -0.2) is 109 Å². The van der Waals surface area contributed by atoms with E-state index in [9.17, 15) is 4.79 Å². The van der Waals surface area contributed by atoms with Gasteiger partial charge in [-0.3, -0.25) is 18.2 Å². The van der Waals surface area contributed by atoms with Gasteiger partial charge in [-0.15, -0.1) is 0 Å². The molecule has 8 bridgehead atoms. The van der Waals surface area contributed by atoms with E-state index in [1.54, 1.807) is 24.3 Å². The molecule has 0 radical (unpaired) electrons. The molecule has 0 saturated heterocycles. The Morgan fingerprint density at radius 2 is 0.783 bits per heavy atom. The normalized spacial score (nSPS) is 12.3. The quantitative estimate of drug-likeness (QED) is 0.0987. The lowest BCUT2D eigenvalue weighted by molar-refractivity contribution is 0.1000. The Balaban J connectivity index is 1.10. The molecule has 0 unspecified atom stereocenters. The summed E-state index contributed by atoms with van der Waals surface area (Å²) < 4.78 is 28.8. The van der Waals surface area contributed by atoms with Crippen molar-refractivity contribution in [2.75, 3.05) is 63.4 Å². The van der Waals surface area contributed by atoms with Crippen molar-refractivity contribution in [3.8, 4) is 91.5 Å². The van der Waals surface area contributed by atoms with E-state index in [0.717, 1.165) is 22.4 Å². The number of hydrogen-bond donors (Lipinski definition) is 3. The van der Waals surface area contributed by atoms with Gasteiger partial charge in [-0.25, -0.2) is 29.9 Å². The topological polar surface area (TPSA) is 189 Å². The lowest BCUT2D eigenvalue weighted by atomic mass is 10.1. The summed E-state index contributed by atoms with van der Waals surface area (Å²) in [7, 11) is 19.0. The number of quaternary nitrogens is 3. The third-order valence-electron chi connectivity index (χ3n) is 14.6. The molecular formula is C66H59N12O5+3. The Labute approximate surface area is 478 Å². The first-order chi connectivity index (χ1) is 39.8. The summed E-state index contributed by atoms with van der Waals surface area (Å²) >= 11 is 0. The third kappa shape index (κ3) is 9.98. The van der Waals surface area contributed by atoms with E-state index >= 15 is 0 Å². The van der Waals surface area contributed by atoms with Crippen molar-refractivity contribution in [2.24, 2.45) is 5.73 Å². The number of hydrogen-bond acceptors (Lipinski definition) is 11. The van der Waals surface area contributed by atoms with E-state index in [-0.39, 0.29) is 0 Å². The van der Waals surface area contributed by atoms with E-state index in [0.29, 0.717) is 149 Å². The number of nitrogens with zero attached hydrogens (tertiary/aromatic N) is 9. The Morgan fingerprint density at radius 1 is 0.373 bits per heavy atom. The number of carbonyl (C=O) groups is 1. The number of nitrogens with two attached hydrogens (primary N) is 1. The van der Waals surface area contributed by atoms with Crippen molar-refractivity contribution in [3.05, 3.63) is 175 Å². The van der Waals surface area contributed by atoms with Crippen LogP contribution in [0.4, 0.5) is 17.1 Å². The number of carbonyl (C=O) groups excluding carboxylic acids is 1. The summed E-state index contributed by atoms with van der Waals surface area (Å²) in [5.41, 5.74) is 13.5. The van der Waals surface area contributed by atoms with Crippen LogP contribution in [-0.2, 0) is 0 Å². The van der Waals surface area contributed by atoms with E-state index in [1.807, 2.05) is 127 Å². The van der Waals surface area contributed by atoms with Gasteiger partial charge in [-0.1, -0.05) is 54.6 Å². The highest BCUT2D eigenvalue weighted by Crippen LogP contribution is 2.46. The number of aromatic nitrogens is 8. The largest absolute Gasteiger partial charge is 0.457 e. The van der Waals surface area contributed by atoms with Gasteiger partial charge in [0.1, 0.15) is 85.6 Å². The molecule has 4 N–H and O–H groups in total. The monoisotopic (exact) mass is 1100 g/mol. The zero-order valence-corrected chi connectivity index (χ0v) is 47.3. The summed E-state index contributed by atoms with van der Waals surface area (Å²) in [6.45, 7) is 0. The van der Waals surface area contributed by atoms with Crippen LogP contribution in [0.1, 0.15) is 10.4 Å². The number of benzene rings is 8. The molecule has 2 aliphatic rings. The van der Waals surface area contributed by atoms with Gasteiger partial charge < -0.3 is 34.6 Å². The molecule has 0 fully saturated rings. The lowest BCUT2D eigenvalue weighted by Crippen LogP contribution is -2.34. The summed E-state index contributed by atoms with van der Waals surface area (Å²) in [5, 5.41) is 2.77. The minimum absolute atomic E-state index is 0.326. The zero-order chi connectivity index (χ0) is 57.5. The van der Waals surface area contributed by atoms with Gasteiger partial charge in [-0.05, 0) is 97.1 Å². The number of fused-ring (bicyclic) bond motifs is 20. The van der Waals surface area contributed by atoms with Gasteiger partial charge in [0, 0.05) is 51.0 Å². The van der Waals surface area contributed by atoms with Crippen LogP contribution < -0.4 is 38.1 Å². The van der Waals surface area contributed by atoms with Crippen molar-refractivity contribution in [1.82, 2.24) is 53.3 Å². The fourth-order valence-electron chi connectivity index (χ4n) is 10.2. The summed E-state index contributed by atoms with van der Waals surface area (Å²) in [5.74, 6) is 5.43. The smallest absolute Gasteiger partial charge is 0.248 e. The Morgan fingerprint density at radius 3 is 1.30 bits per heavy atom. The van der Waals surface area contributed by atoms with Crippen molar-refractivity contribution in [2.45, 2.75) is 0 Å². The van der Waals surface area contributed by atoms with Crippen LogP contribution in [0.15, 0.2) is 170 Å². The predicted octanol–water partition coefficient (Wildman–Crippen LogP) is 13.7. The number of nitrogens with one attached hydrogen (secondary N) is 2.